The molecule has 3 N–H and O–H groups in total. The van der Waals surface area contributed by atoms with Crippen molar-refractivity contribution in [3.05, 3.63) is 47.7 Å². The number of nitrogens with one attached hydrogen (secondary N) is 1. The molecule has 1 aliphatic heterocycles. The highest BCUT2D eigenvalue weighted by molar-refractivity contribution is 6.32. The van der Waals surface area contributed by atoms with E-state index in [1.807, 2.05) is 18.2 Å². The number of likely N-dealkylation sites (tertiary alicyclic amines) is 1. The van der Waals surface area contributed by atoms with Crippen molar-refractivity contribution in [1.82, 2.24) is 14.9 Å². The van der Waals surface area contributed by atoms with Crippen LogP contribution in [0.15, 0.2) is 42.7 Å². The molecule has 9 heteroatoms. The van der Waals surface area contributed by atoms with Crippen molar-refractivity contribution < 1.29 is 19.7 Å². The Kier molecular flexibility index (Phi) is 5.26. The molecule has 0 spiro atoms. The molecule has 8 nitrogen and oxygen atoms in total. The van der Waals surface area contributed by atoms with Crippen LogP contribution in [0.2, 0.25) is 5.02 Å². The molecule has 1 saturated heterocycles. The van der Waals surface area contributed by atoms with Crippen molar-refractivity contribution in [2.45, 2.75) is 18.9 Å². The molecule has 0 bridgehead atoms. The molecule has 0 aliphatic carbocycles. The number of hydrogen-bond acceptors (Lipinski definition) is 6. The zero-order chi connectivity index (χ0) is 20.4. The van der Waals surface area contributed by atoms with Crippen molar-refractivity contribution in [3.8, 4) is 11.5 Å². The summed E-state index contributed by atoms with van der Waals surface area (Å²) in [7, 11) is 0. The van der Waals surface area contributed by atoms with E-state index in [1.165, 1.54) is 17.3 Å². The van der Waals surface area contributed by atoms with E-state index in [9.17, 15) is 15.0 Å². The number of phenolic OH excluding ortho intramolecular Hbond substituents is 1. The number of phenols is 1. The first-order chi connectivity index (χ1) is 14.0. The molecule has 29 heavy (non-hydrogen) atoms. The Morgan fingerprint density at radius 2 is 2.14 bits per heavy atom. The summed E-state index contributed by atoms with van der Waals surface area (Å²) < 4.78 is 6.18. The number of carboxylic acid groups (broad SMARTS) is 1. The normalized spacial score (nSPS) is 16.6. The van der Waals surface area contributed by atoms with Gasteiger partial charge in [-0.3, -0.25) is 0 Å². The van der Waals surface area contributed by atoms with Gasteiger partial charge in [-0.05, 0) is 43.2 Å². The van der Waals surface area contributed by atoms with Gasteiger partial charge in [0.05, 0.1) is 22.5 Å². The van der Waals surface area contributed by atoms with Gasteiger partial charge in [0.1, 0.15) is 29.7 Å². The van der Waals surface area contributed by atoms with E-state index < -0.39 is 6.09 Å². The molecule has 2 heterocycles. The lowest BCUT2D eigenvalue weighted by Crippen LogP contribution is -2.43. The van der Waals surface area contributed by atoms with E-state index in [1.54, 1.807) is 12.1 Å². The third kappa shape index (κ3) is 4.12. The molecule has 1 amide bonds. The van der Waals surface area contributed by atoms with Gasteiger partial charge in [-0.1, -0.05) is 17.7 Å². The van der Waals surface area contributed by atoms with Crippen LogP contribution < -0.4 is 10.1 Å². The lowest BCUT2D eigenvalue weighted by Gasteiger charge is -2.31. The lowest BCUT2D eigenvalue weighted by molar-refractivity contribution is 0.0800. The van der Waals surface area contributed by atoms with Gasteiger partial charge >= 0.3 is 6.09 Å². The number of carbonyl (C=O) groups is 1. The standard InChI is InChI=1S/C20H19ClN4O4/c21-14-9-12(6-7-16(14)26)24-19-18-15(22-11-23-19)4-1-5-17(18)29-13-3-2-8-25(10-13)20(27)28/h1,4-7,9,11,13,26H,2-3,8,10H2,(H,27,28)(H,22,23,24)/t13-/m1/s1. The molecule has 0 unspecified atom stereocenters. The summed E-state index contributed by atoms with van der Waals surface area (Å²) in [6.45, 7) is 0.831. The second kappa shape index (κ2) is 8.00. The van der Waals surface area contributed by atoms with Crippen LogP contribution in [0.25, 0.3) is 10.9 Å². The molecular formula is C20H19ClN4O4. The van der Waals surface area contributed by atoms with E-state index in [4.69, 9.17) is 16.3 Å². The molecule has 0 radical (unpaired) electrons. The Labute approximate surface area is 171 Å². The van der Waals surface area contributed by atoms with Crippen molar-refractivity contribution in [2.24, 2.45) is 0 Å². The largest absolute Gasteiger partial charge is 0.506 e. The first-order valence-corrected chi connectivity index (χ1v) is 9.53. The lowest BCUT2D eigenvalue weighted by atomic mass is 10.1. The second-order valence-corrected chi connectivity index (χ2v) is 7.18. The number of anilines is 2. The first kappa shape index (κ1) is 19.1. The molecule has 0 saturated carbocycles. The van der Waals surface area contributed by atoms with Crippen LogP contribution in [0.3, 0.4) is 0 Å². The topological polar surface area (TPSA) is 108 Å². The van der Waals surface area contributed by atoms with E-state index >= 15 is 0 Å². The summed E-state index contributed by atoms with van der Waals surface area (Å²) in [5.41, 5.74) is 1.34. The van der Waals surface area contributed by atoms with Crippen LogP contribution in [0.1, 0.15) is 12.8 Å². The summed E-state index contributed by atoms with van der Waals surface area (Å²) in [6, 6.07) is 10.3. The molecule has 1 aliphatic rings. The molecule has 1 fully saturated rings. The fraction of sp³-hybridized carbons (Fsp3) is 0.250. The quantitative estimate of drug-likeness (QED) is 0.547. The molecule has 1 aromatic heterocycles. The number of benzene rings is 2. The Morgan fingerprint density at radius 1 is 1.28 bits per heavy atom. The summed E-state index contributed by atoms with van der Waals surface area (Å²) in [5.74, 6) is 1.10. The number of ether oxygens (including phenoxy) is 1. The molecular weight excluding hydrogens is 396 g/mol. The van der Waals surface area contributed by atoms with Crippen molar-refractivity contribution in [1.29, 1.82) is 0 Å². The van der Waals surface area contributed by atoms with Gasteiger partial charge in [0.2, 0.25) is 0 Å². The van der Waals surface area contributed by atoms with Gasteiger partial charge < -0.3 is 25.2 Å². The highest BCUT2D eigenvalue weighted by atomic mass is 35.5. The minimum Gasteiger partial charge on any atom is -0.506 e. The predicted molar refractivity (Wildman–Crippen MR) is 109 cm³/mol. The van der Waals surface area contributed by atoms with Gasteiger partial charge in [0, 0.05) is 12.2 Å². The first-order valence-electron chi connectivity index (χ1n) is 9.15. The van der Waals surface area contributed by atoms with Crippen LogP contribution in [0.4, 0.5) is 16.3 Å². The van der Waals surface area contributed by atoms with Gasteiger partial charge in [0.25, 0.3) is 0 Å². The van der Waals surface area contributed by atoms with Crippen LogP contribution in [0, 0.1) is 0 Å². The number of fused-ring (bicyclic) bond motifs is 1. The number of aromatic nitrogens is 2. The smallest absolute Gasteiger partial charge is 0.407 e. The van der Waals surface area contributed by atoms with Crippen LogP contribution in [0.5, 0.6) is 11.5 Å². The van der Waals surface area contributed by atoms with Crippen molar-refractivity contribution >= 4 is 40.1 Å². The molecule has 1 atom stereocenters. The van der Waals surface area contributed by atoms with E-state index in [2.05, 4.69) is 15.3 Å². The zero-order valence-corrected chi connectivity index (χ0v) is 16.1. The van der Waals surface area contributed by atoms with Gasteiger partial charge in [-0.2, -0.15) is 0 Å². The Hall–Kier alpha value is -3.26. The number of rotatable bonds is 4. The number of halogens is 1. The Bertz CT molecular complexity index is 1060. The average Bonchev–Trinajstić information content (AvgIpc) is 2.71. The van der Waals surface area contributed by atoms with E-state index in [0.29, 0.717) is 41.2 Å². The zero-order valence-electron chi connectivity index (χ0n) is 15.4. The Balaban J connectivity index is 1.66. The highest BCUT2D eigenvalue weighted by Crippen LogP contribution is 2.34. The number of nitrogens with zero attached hydrogens (tertiary/aromatic N) is 3. The summed E-state index contributed by atoms with van der Waals surface area (Å²) in [6.07, 6.45) is 1.77. The predicted octanol–water partition coefficient (Wildman–Crippen LogP) is 4.25. The van der Waals surface area contributed by atoms with Gasteiger partial charge in [0.15, 0.2) is 0 Å². The Morgan fingerprint density at radius 3 is 2.93 bits per heavy atom. The SMILES string of the molecule is O=C(O)N1CCC[C@@H](Oc2cccc3ncnc(Nc4ccc(O)c(Cl)c4)c23)C1. The maximum Gasteiger partial charge on any atom is 0.407 e. The molecule has 4 rings (SSSR count). The summed E-state index contributed by atoms with van der Waals surface area (Å²) in [5, 5.41) is 23.0. The number of aromatic hydroxyl groups is 1. The fourth-order valence-corrected chi connectivity index (χ4v) is 3.56. The molecule has 3 aromatic rings. The van der Waals surface area contributed by atoms with E-state index in [0.717, 1.165) is 12.8 Å². The monoisotopic (exact) mass is 414 g/mol. The van der Waals surface area contributed by atoms with E-state index in [-0.39, 0.29) is 16.9 Å². The highest BCUT2D eigenvalue weighted by Gasteiger charge is 2.25. The minimum atomic E-state index is -0.939. The van der Waals surface area contributed by atoms with Crippen LogP contribution in [-0.4, -0.2) is 50.4 Å². The summed E-state index contributed by atoms with van der Waals surface area (Å²) >= 11 is 6.00. The number of hydrogen-bond donors (Lipinski definition) is 3. The second-order valence-electron chi connectivity index (χ2n) is 6.77. The number of amides is 1. The molecule has 150 valence electrons. The minimum absolute atomic E-state index is 0.00549. The van der Waals surface area contributed by atoms with Crippen molar-refractivity contribution in [3.63, 3.8) is 0 Å². The third-order valence-electron chi connectivity index (χ3n) is 4.78. The van der Waals surface area contributed by atoms with Crippen LogP contribution >= 0.6 is 11.6 Å². The maximum absolute atomic E-state index is 11.3. The van der Waals surface area contributed by atoms with Crippen LogP contribution in [-0.2, 0) is 0 Å². The summed E-state index contributed by atoms with van der Waals surface area (Å²) in [4.78, 5) is 21.3. The number of piperidine rings is 1. The van der Waals surface area contributed by atoms with Gasteiger partial charge in [-0.15, -0.1) is 0 Å². The van der Waals surface area contributed by atoms with Gasteiger partial charge in [-0.25, -0.2) is 14.8 Å². The fourth-order valence-electron chi connectivity index (χ4n) is 3.38. The average molecular weight is 415 g/mol. The third-order valence-corrected chi connectivity index (χ3v) is 5.08. The van der Waals surface area contributed by atoms with Crippen molar-refractivity contribution in [2.75, 3.05) is 18.4 Å². The molecule has 2 aromatic carbocycles. The maximum atomic E-state index is 11.3.